The molecule has 1 aromatic carbocycles. The number of benzene rings is 1. The molecule has 0 fully saturated rings. The maximum atomic E-state index is 11.8. The third-order valence-electron chi connectivity index (χ3n) is 3.36. The largest absolute Gasteiger partial charge is 0.475 e. The van der Waals surface area contributed by atoms with Crippen molar-refractivity contribution in [1.29, 1.82) is 0 Å². The number of rotatable bonds is 2. The number of carbonyl (C=O) groups excluding carboxylic acids is 1. The normalized spacial score (nSPS) is 19.3. The molecule has 2 aliphatic rings. The molecule has 0 amide bonds. The first-order valence-corrected chi connectivity index (χ1v) is 5.98. The van der Waals surface area contributed by atoms with Gasteiger partial charge >= 0.3 is 5.97 Å². The van der Waals surface area contributed by atoms with E-state index in [2.05, 4.69) is 4.99 Å². The fourth-order valence-corrected chi connectivity index (χ4v) is 2.46. The lowest BCUT2D eigenvalue weighted by molar-refractivity contribution is -0.131. The molecule has 0 bridgehead atoms. The van der Waals surface area contributed by atoms with E-state index >= 15 is 0 Å². The molecule has 1 heterocycles. The standard InChI is InChI=1S/C15H11NO3/c1-8-4-2-5-9-12-10(14(17)15(18)19)6-3-7-11(12)16-13(8)9/h2-8H,1H3,(H,18,19). The van der Waals surface area contributed by atoms with Crippen molar-refractivity contribution in [3.8, 4) is 0 Å². The summed E-state index contributed by atoms with van der Waals surface area (Å²) in [5, 5.41) is 8.89. The molecular formula is C15H11NO3. The van der Waals surface area contributed by atoms with Crippen molar-refractivity contribution in [1.82, 2.24) is 0 Å². The number of aliphatic imine (C=N–C) groups is 1. The van der Waals surface area contributed by atoms with Crippen molar-refractivity contribution >= 4 is 28.7 Å². The molecule has 0 radical (unpaired) electrons. The van der Waals surface area contributed by atoms with Crippen LogP contribution >= 0.6 is 0 Å². The molecule has 19 heavy (non-hydrogen) atoms. The maximum absolute atomic E-state index is 11.8. The quantitative estimate of drug-likeness (QED) is 0.650. The Bertz CT molecular complexity index is 695. The summed E-state index contributed by atoms with van der Waals surface area (Å²) < 4.78 is 0. The van der Waals surface area contributed by atoms with Crippen molar-refractivity contribution < 1.29 is 14.7 Å². The van der Waals surface area contributed by atoms with Gasteiger partial charge in [-0.15, -0.1) is 0 Å². The molecule has 0 aromatic heterocycles. The van der Waals surface area contributed by atoms with E-state index in [0.717, 1.165) is 11.3 Å². The van der Waals surface area contributed by atoms with E-state index in [1.54, 1.807) is 12.1 Å². The van der Waals surface area contributed by atoms with Gasteiger partial charge in [0, 0.05) is 22.6 Å². The second-order valence-electron chi connectivity index (χ2n) is 4.58. The minimum Gasteiger partial charge on any atom is -0.475 e. The summed E-state index contributed by atoms with van der Waals surface area (Å²) in [6.07, 6.45) is 5.81. The van der Waals surface area contributed by atoms with Crippen LogP contribution in [0.5, 0.6) is 0 Å². The summed E-state index contributed by atoms with van der Waals surface area (Å²) in [6.45, 7) is 2.02. The van der Waals surface area contributed by atoms with Crippen molar-refractivity contribution in [3.05, 3.63) is 47.6 Å². The number of Topliss-reactive ketones (excluding diaryl/α,β-unsaturated/α-hetero) is 1. The van der Waals surface area contributed by atoms with Gasteiger partial charge in [-0.1, -0.05) is 31.2 Å². The fraction of sp³-hybridized carbons (Fsp3) is 0.133. The number of allylic oxidation sites excluding steroid dienone is 4. The fourth-order valence-electron chi connectivity index (χ4n) is 2.46. The molecule has 94 valence electrons. The molecule has 1 aliphatic heterocycles. The molecule has 1 aromatic rings. The molecule has 1 N–H and O–H groups in total. The van der Waals surface area contributed by atoms with Crippen molar-refractivity contribution in [2.75, 3.05) is 0 Å². The van der Waals surface area contributed by atoms with Gasteiger partial charge in [0.2, 0.25) is 0 Å². The molecule has 4 heteroatoms. The van der Waals surface area contributed by atoms with Gasteiger partial charge in [0.05, 0.1) is 11.4 Å². The van der Waals surface area contributed by atoms with Crippen LogP contribution in [0.15, 0.2) is 41.4 Å². The number of ketones is 1. The second-order valence-corrected chi connectivity index (χ2v) is 4.58. The number of hydrogen-bond donors (Lipinski definition) is 1. The molecule has 0 saturated carbocycles. The van der Waals surface area contributed by atoms with E-state index in [1.807, 2.05) is 25.2 Å². The van der Waals surface area contributed by atoms with E-state index in [0.29, 0.717) is 11.3 Å². The predicted octanol–water partition coefficient (Wildman–Crippen LogP) is 2.63. The molecular weight excluding hydrogens is 242 g/mol. The van der Waals surface area contributed by atoms with Crippen LogP contribution in [0.25, 0.3) is 5.57 Å². The average molecular weight is 253 g/mol. The number of carboxylic acids is 1. The Morgan fingerprint density at radius 2 is 2.11 bits per heavy atom. The van der Waals surface area contributed by atoms with E-state index in [1.165, 1.54) is 6.07 Å². The summed E-state index contributed by atoms with van der Waals surface area (Å²) in [5.74, 6) is -2.17. The molecule has 1 atom stereocenters. The zero-order valence-electron chi connectivity index (χ0n) is 10.3. The van der Waals surface area contributed by atoms with Gasteiger partial charge < -0.3 is 5.11 Å². The molecule has 4 nitrogen and oxygen atoms in total. The van der Waals surface area contributed by atoms with E-state index in [4.69, 9.17) is 5.11 Å². The predicted molar refractivity (Wildman–Crippen MR) is 71.8 cm³/mol. The lowest BCUT2D eigenvalue weighted by Gasteiger charge is -2.14. The first kappa shape index (κ1) is 11.6. The lowest BCUT2D eigenvalue weighted by atomic mass is 9.87. The summed E-state index contributed by atoms with van der Waals surface area (Å²) in [7, 11) is 0. The summed E-state index contributed by atoms with van der Waals surface area (Å²) in [6, 6.07) is 5.00. The average Bonchev–Trinajstić information content (AvgIpc) is 2.78. The molecule has 3 rings (SSSR count). The summed E-state index contributed by atoms with van der Waals surface area (Å²) in [4.78, 5) is 27.2. The molecule has 0 saturated heterocycles. The lowest BCUT2D eigenvalue weighted by Crippen LogP contribution is -2.16. The topological polar surface area (TPSA) is 66.7 Å². The van der Waals surface area contributed by atoms with Gasteiger partial charge in [0.15, 0.2) is 0 Å². The zero-order valence-corrected chi connectivity index (χ0v) is 10.3. The van der Waals surface area contributed by atoms with Gasteiger partial charge in [0.1, 0.15) is 0 Å². The van der Waals surface area contributed by atoms with Crippen LogP contribution in [0.2, 0.25) is 0 Å². The monoisotopic (exact) mass is 253 g/mol. The number of aliphatic carboxylic acids is 1. The van der Waals surface area contributed by atoms with Crippen molar-refractivity contribution in [2.24, 2.45) is 10.9 Å². The number of nitrogens with zero attached hydrogens (tertiary/aromatic N) is 1. The van der Waals surface area contributed by atoms with Crippen LogP contribution in [-0.2, 0) is 4.79 Å². The van der Waals surface area contributed by atoms with Crippen LogP contribution < -0.4 is 0 Å². The van der Waals surface area contributed by atoms with E-state index in [-0.39, 0.29) is 11.5 Å². The first-order chi connectivity index (χ1) is 9.09. The van der Waals surface area contributed by atoms with Crippen LogP contribution in [0.3, 0.4) is 0 Å². The minimum absolute atomic E-state index is 0.167. The molecule has 0 spiro atoms. The minimum atomic E-state index is -1.44. The van der Waals surface area contributed by atoms with Crippen LogP contribution in [-0.4, -0.2) is 22.6 Å². The highest BCUT2D eigenvalue weighted by Crippen LogP contribution is 2.41. The summed E-state index contributed by atoms with van der Waals surface area (Å²) >= 11 is 0. The Balaban J connectivity index is 2.21. The highest BCUT2D eigenvalue weighted by molar-refractivity contribution is 6.43. The van der Waals surface area contributed by atoms with Crippen LogP contribution in [0, 0.1) is 5.92 Å². The number of carbonyl (C=O) groups is 2. The highest BCUT2D eigenvalue weighted by Gasteiger charge is 2.30. The van der Waals surface area contributed by atoms with Crippen molar-refractivity contribution in [3.63, 3.8) is 0 Å². The third-order valence-corrected chi connectivity index (χ3v) is 3.36. The van der Waals surface area contributed by atoms with Gasteiger partial charge in [-0.05, 0) is 12.1 Å². The number of fused-ring (bicyclic) bond motifs is 3. The smallest absolute Gasteiger partial charge is 0.377 e. The van der Waals surface area contributed by atoms with E-state index in [9.17, 15) is 9.59 Å². The molecule has 1 aliphatic carbocycles. The van der Waals surface area contributed by atoms with Gasteiger partial charge in [0.25, 0.3) is 5.78 Å². The van der Waals surface area contributed by atoms with Crippen LogP contribution in [0.1, 0.15) is 22.8 Å². The van der Waals surface area contributed by atoms with Gasteiger partial charge in [-0.25, -0.2) is 4.79 Å². The van der Waals surface area contributed by atoms with Gasteiger partial charge in [-0.2, -0.15) is 0 Å². The number of hydrogen-bond acceptors (Lipinski definition) is 3. The van der Waals surface area contributed by atoms with Gasteiger partial charge in [-0.3, -0.25) is 9.79 Å². The summed E-state index contributed by atoms with van der Waals surface area (Å²) in [5.41, 5.74) is 3.26. The SMILES string of the molecule is CC1C=CC=C2C1=Nc1cccc(C(=O)C(=O)O)c12. The Morgan fingerprint density at radius 1 is 1.32 bits per heavy atom. The Morgan fingerprint density at radius 3 is 2.84 bits per heavy atom. The first-order valence-electron chi connectivity index (χ1n) is 5.98. The Hall–Kier alpha value is -2.49. The molecule has 1 unspecified atom stereocenters. The number of carboxylic acid groups (broad SMARTS) is 1. The van der Waals surface area contributed by atoms with Crippen molar-refractivity contribution in [2.45, 2.75) is 6.92 Å². The van der Waals surface area contributed by atoms with Crippen LogP contribution in [0.4, 0.5) is 5.69 Å². The van der Waals surface area contributed by atoms with E-state index < -0.39 is 11.8 Å². The maximum Gasteiger partial charge on any atom is 0.377 e. The highest BCUT2D eigenvalue weighted by atomic mass is 16.4. The second kappa shape index (κ2) is 4.02. The Kier molecular flexibility index (Phi) is 2.45. The zero-order chi connectivity index (χ0) is 13.6. The third kappa shape index (κ3) is 1.64. The Labute approximate surface area is 109 Å².